The van der Waals surface area contributed by atoms with Gasteiger partial charge in [0.25, 0.3) is 5.78 Å². The standard InChI is InChI=1S/C16H18N6O2S2/c1-16(2)6-9-10(7-24-16)26-13-11(9)12-17-8-18-22(12)14-19-20-15(21(13)14)25-5-4-23-3/h8H,4-7H2,1-3H3. The summed E-state index contributed by atoms with van der Waals surface area (Å²) in [5.41, 5.74) is 1.96. The van der Waals surface area contributed by atoms with E-state index in [0.29, 0.717) is 19.0 Å². The maximum absolute atomic E-state index is 6.02. The zero-order chi connectivity index (χ0) is 17.9. The Morgan fingerprint density at radius 2 is 2.27 bits per heavy atom. The lowest BCUT2D eigenvalue weighted by Gasteiger charge is -2.30. The average molecular weight is 390 g/mol. The van der Waals surface area contributed by atoms with Crippen molar-refractivity contribution in [3.05, 3.63) is 16.8 Å². The monoisotopic (exact) mass is 390 g/mol. The lowest BCUT2D eigenvalue weighted by molar-refractivity contribution is -0.0379. The first-order valence-corrected chi connectivity index (χ1v) is 10.2. The third kappa shape index (κ3) is 2.36. The Hall–Kier alpha value is -1.75. The molecular formula is C16H18N6O2S2. The quantitative estimate of drug-likeness (QED) is 0.391. The first kappa shape index (κ1) is 16.4. The van der Waals surface area contributed by atoms with Crippen molar-refractivity contribution in [3.63, 3.8) is 0 Å². The van der Waals surface area contributed by atoms with Crippen molar-refractivity contribution in [1.82, 2.24) is 29.2 Å². The number of hydrogen-bond acceptors (Lipinski definition) is 8. The van der Waals surface area contributed by atoms with Crippen molar-refractivity contribution in [2.75, 3.05) is 19.5 Å². The second kappa shape index (κ2) is 5.88. The fourth-order valence-corrected chi connectivity index (χ4v) is 5.49. The topological polar surface area (TPSA) is 78.8 Å². The summed E-state index contributed by atoms with van der Waals surface area (Å²) in [6.45, 7) is 5.54. The summed E-state index contributed by atoms with van der Waals surface area (Å²) in [6.07, 6.45) is 2.43. The normalized spacial score (nSPS) is 16.7. The molecule has 0 aliphatic carbocycles. The summed E-state index contributed by atoms with van der Waals surface area (Å²) >= 11 is 3.37. The van der Waals surface area contributed by atoms with Crippen molar-refractivity contribution in [1.29, 1.82) is 0 Å². The van der Waals surface area contributed by atoms with Crippen molar-refractivity contribution >= 4 is 44.7 Å². The molecule has 0 saturated heterocycles. The minimum Gasteiger partial charge on any atom is -0.384 e. The molecule has 4 aromatic rings. The van der Waals surface area contributed by atoms with E-state index in [-0.39, 0.29) is 5.60 Å². The highest BCUT2D eigenvalue weighted by atomic mass is 32.2. The molecule has 1 aliphatic rings. The van der Waals surface area contributed by atoms with Gasteiger partial charge in [0.05, 0.1) is 24.2 Å². The lowest BCUT2D eigenvalue weighted by Crippen LogP contribution is -2.31. The molecule has 26 heavy (non-hydrogen) atoms. The van der Waals surface area contributed by atoms with Gasteiger partial charge in [-0.2, -0.15) is 9.61 Å². The van der Waals surface area contributed by atoms with Gasteiger partial charge in [-0.05, 0) is 19.4 Å². The van der Waals surface area contributed by atoms with E-state index >= 15 is 0 Å². The fraction of sp³-hybridized carbons (Fsp3) is 0.500. The second-order valence-electron chi connectivity index (χ2n) is 6.86. The van der Waals surface area contributed by atoms with Crippen LogP contribution in [0.3, 0.4) is 0 Å². The van der Waals surface area contributed by atoms with Gasteiger partial charge in [-0.1, -0.05) is 11.8 Å². The second-order valence-corrected chi connectivity index (χ2v) is 9.01. The van der Waals surface area contributed by atoms with Crippen LogP contribution in [0.5, 0.6) is 0 Å². The minimum absolute atomic E-state index is 0.184. The molecule has 0 N–H and O–H groups in total. The molecule has 0 spiro atoms. The van der Waals surface area contributed by atoms with Gasteiger partial charge in [0.15, 0.2) is 10.8 Å². The zero-order valence-electron chi connectivity index (χ0n) is 14.7. The zero-order valence-corrected chi connectivity index (χ0v) is 16.4. The summed E-state index contributed by atoms with van der Waals surface area (Å²) in [5, 5.41) is 15.1. The minimum atomic E-state index is -0.184. The molecule has 0 saturated carbocycles. The van der Waals surface area contributed by atoms with E-state index < -0.39 is 0 Å². The number of thiophene rings is 1. The highest BCUT2D eigenvalue weighted by molar-refractivity contribution is 7.99. The van der Waals surface area contributed by atoms with Gasteiger partial charge < -0.3 is 9.47 Å². The first-order valence-electron chi connectivity index (χ1n) is 8.36. The van der Waals surface area contributed by atoms with Crippen LogP contribution in [0.15, 0.2) is 11.5 Å². The predicted molar refractivity (Wildman–Crippen MR) is 100 cm³/mol. The third-order valence-electron chi connectivity index (χ3n) is 4.57. The molecule has 0 fully saturated rings. The summed E-state index contributed by atoms with van der Waals surface area (Å²) in [6, 6.07) is 0. The Balaban J connectivity index is 1.82. The van der Waals surface area contributed by atoms with Crippen molar-refractivity contribution in [3.8, 4) is 0 Å². The fourth-order valence-electron chi connectivity index (χ4n) is 3.37. The van der Waals surface area contributed by atoms with Crippen LogP contribution < -0.4 is 0 Å². The number of ether oxygens (including phenoxy) is 2. The van der Waals surface area contributed by atoms with Crippen LogP contribution in [0.1, 0.15) is 24.3 Å². The Labute approximate surface area is 157 Å². The maximum Gasteiger partial charge on any atom is 0.260 e. The third-order valence-corrected chi connectivity index (χ3v) is 6.65. The van der Waals surface area contributed by atoms with Crippen molar-refractivity contribution in [2.45, 2.75) is 37.6 Å². The molecule has 0 bridgehead atoms. The molecule has 136 valence electrons. The number of aromatic nitrogens is 6. The average Bonchev–Trinajstić information content (AvgIpc) is 3.29. The van der Waals surface area contributed by atoms with Crippen LogP contribution in [0.25, 0.3) is 21.6 Å². The summed E-state index contributed by atoms with van der Waals surface area (Å²) in [5.74, 6) is 1.50. The SMILES string of the molecule is COCCSc1nnc2n3ncnc3c3c4c(sc3n12)COC(C)(C)C4. The lowest BCUT2D eigenvalue weighted by atomic mass is 9.94. The molecule has 1 aliphatic heterocycles. The van der Waals surface area contributed by atoms with Gasteiger partial charge in [0.2, 0.25) is 0 Å². The van der Waals surface area contributed by atoms with Gasteiger partial charge in [-0.15, -0.1) is 21.5 Å². The Bertz CT molecular complexity index is 1130. The van der Waals surface area contributed by atoms with Crippen LogP contribution >= 0.6 is 23.1 Å². The van der Waals surface area contributed by atoms with E-state index in [1.807, 2.05) is 0 Å². The molecule has 0 radical (unpaired) electrons. The Kier molecular flexibility index (Phi) is 3.71. The van der Waals surface area contributed by atoms with E-state index in [9.17, 15) is 0 Å². The highest BCUT2D eigenvalue weighted by Gasteiger charge is 2.32. The molecule has 0 unspecified atom stereocenters. The van der Waals surface area contributed by atoms with Crippen LogP contribution in [-0.2, 0) is 22.5 Å². The molecule has 0 atom stereocenters. The van der Waals surface area contributed by atoms with E-state index in [0.717, 1.165) is 33.2 Å². The number of nitrogens with zero attached hydrogens (tertiary/aromatic N) is 6. The van der Waals surface area contributed by atoms with Gasteiger partial charge in [0.1, 0.15) is 11.2 Å². The maximum atomic E-state index is 6.02. The van der Waals surface area contributed by atoms with Crippen molar-refractivity contribution < 1.29 is 9.47 Å². The molecule has 0 aromatic carbocycles. The van der Waals surface area contributed by atoms with E-state index in [2.05, 4.69) is 38.5 Å². The number of thioether (sulfide) groups is 1. The molecule has 4 aromatic heterocycles. The molecule has 10 heteroatoms. The van der Waals surface area contributed by atoms with Crippen LogP contribution in [0, 0.1) is 0 Å². The van der Waals surface area contributed by atoms with Crippen LogP contribution in [-0.4, -0.2) is 54.3 Å². The number of methoxy groups -OCH3 is 1. The van der Waals surface area contributed by atoms with Gasteiger partial charge in [-0.3, -0.25) is 0 Å². The Morgan fingerprint density at radius 3 is 3.12 bits per heavy atom. The van der Waals surface area contributed by atoms with Gasteiger partial charge >= 0.3 is 0 Å². The number of hydrogen-bond donors (Lipinski definition) is 0. The predicted octanol–water partition coefficient (Wildman–Crippen LogP) is 2.58. The van der Waals surface area contributed by atoms with E-state index in [4.69, 9.17) is 9.47 Å². The number of rotatable bonds is 4. The van der Waals surface area contributed by atoms with Crippen molar-refractivity contribution in [2.24, 2.45) is 0 Å². The molecule has 5 heterocycles. The van der Waals surface area contributed by atoms with E-state index in [1.165, 1.54) is 10.4 Å². The summed E-state index contributed by atoms with van der Waals surface area (Å²) in [7, 11) is 1.70. The van der Waals surface area contributed by atoms with E-state index in [1.54, 1.807) is 41.1 Å². The van der Waals surface area contributed by atoms with Gasteiger partial charge in [0, 0.05) is 24.2 Å². The molecule has 5 rings (SSSR count). The smallest absolute Gasteiger partial charge is 0.260 e. The highest BCUT2D eigenvalue weighted by Crippen LogP contribution is 2.41. The van der Waals surface area contributed by atoms with Crippen LogP contribution in [0.4, 0.5) is 0 Å². The Morgan fingerprint density at radius 1 is 1.38 bits per heavy atom. The molecule has 8 nitrogen and oxygen atoms in total. The largest absolute Gasteiger partial charge is 0.384 e. The number of fused-ring (bicyclic) bond motifs is 8. The van der Waals surface area contributed by atoms with Crippen LogP contribution in [0.2, 0.25) is 0 Å². The molecular weight excluding hydrogens is 372 g/mol. The summed E-state index contributed by atoms with van der Waals surface area (Å²) in [4.78, 5) is 6.88. The summed E-state index contributed by atoms with van der Waals surface area (Å²) < 4.78 is 15.1. The van der Waals surface area contributed by atoms with Gasteiger partial charge in [-0.25, -0.2) is 9.38 Å². The molecule has 0 amide bonds. The first-order chi connectivity index (χ1) is 12.6.